The number of aromatic nitrogens is 5. The van der Waals surface area contributed by atoms with Crippen LogP contribution in [0.15, 0.2) is 41.5 Å². The van der Waals surface area contributed by atoms with Gasteiger partial charge in [0, 0.05) is 12.4 Å². The lowest BCUT2D eigenvalue weighted by atomic mass is 10.2. The van der Waals surface area contributed by atoms with Crippen molar-refractivity contribution in [3.63, 3.8) is 0 Å². The van der Waals surface area contributed by atoms with E-state index in [1.807, 2.05) is 35.1 Å². The quantitative estimate of drug-likeness (QED) is 0.721. The average molecular weight is 285 g/mol. The maximum Gasteiger partial charge on any atom is 0.350 e. The molecule has 0 aliphatic carbocycles. The van der Waals surface area contributed by atoms with Crippen LogP contribution in [-0.4, -0.2) is 24.0 Å². The van der Waals surface area contributed by atoms with Crippen LogP contribution in [-0.2, 0) is 6.54 Å². The van der Waals surface area contributed by atoms with Gasteiger partial charge in [-0.15, -0.1) is 5.10 Å². The number of nitrogens with zero attached hydrogens (tertiary/aromatic N) is 5. The molecule has 0 amide bonds. The Hall–Kier alpha value is -2.37. The molecule has 0 saturated heterocycles. The van der Waals surface area contributed by atoms with Crippen LogP contribution in [0.3, 0.4) is 0 Å². The second kappa shape index (κ2) is 5.55. The highest BCUT2D eigenvalue weighted by Crippen LogP contribution is 2.14. The summed E-state index contributed by atoms with van der Waals surface area (Å²) in [7, 11) is 0. The lowest BCUT2D eigenvalue weighted by Gasteiger charge is -2.12. The van der Waals surface area contributed by atoms with Crippen molar-refractivity contribution in [2.45, 2.75) is 39.3 Å². The molecule has 0 aliphatic heterocycles. The summed E-state index contributed by atoms with van der Waals surface area (Å²) in [4.78, 5) is 12.2. The molecule has 0 aromatic carbocycles. The van der Waals surface area contributed by atoms with E-state index in [9.17, 15) is 4.79 Å². The highest BCUT2D eigenvalue weighted by molar-refractivity contribution is 5.35. The normalized spacial score (nSPS) is 11.6. The summed E-state index contributed by atoms with van der Waals surface area (Å²) in [6.07, 6.45) is 5.80. The SMILES string of the molecule is CCC(CC)n1ccc(Cn2nc3ccccn3c2=O)n1. The number of hydrogen-bond donors (Lipinski definition) is 0. The molecule has 0 atom stereocenters. The van der Waals surface area contributed by atoms with E-state index in [-0.39, 0.29) is 5.69 Å². The number of fused-ring (bicyclic) bond motifs is 1. The molecule has 110 valence electrons. The van der Waals surface area contributed by atoms with Gasteiger partial charge in [-0.25, -0.2) is 9.48 Å². The van der Waals surface area contributed by atoms with Crippen LogP contribution >= 0.6 is 0 Å². The molecule has 0 radical (unpaired) electrons. The van der Waals surface area contributed by atoms with E-state index in [4.69, 9.17) is 0 Å². The van der Waals surface area contributed by atoms with E-state index in [0.717, 1.165) is 18.5 Å². The molecule has 3 heterocycles. The molecule has 0 bridgehead atoms. The molecule has 0 aliphatic rings. The van der Waals surface area contributed by atoms with E-state index in [1.165, 1.54) is 9.08 Å². The molecule has 0 unspecified atom stereocenters. The molecule has 3 aromatic rings. The Morgan fingerprint density at radius 3 is 2.62 bits per heavy atom. The predicted molar refractivity (Wildman–Crippen MR) is 80.4 cm³/mol. The van der Waals surface area contributed by atoms with Crippen molar-refractivity contribution in [2.24, 2.45) is 0 Å². The van der Waals surface area contributed by atoms with Crippen molar-refractivity contribution < 1.29 is 0 Å². The standard InChI is InChI=1S/C15H19N5O/c1-3-13(4-2)19-10-8-12(16-19)11-20-15(21)18-9-6-5-7-14(18)17-20/h5-10,13H,3-4,11H2,1-2H3. The third kappa shape index (κ3) is 2.49. The first-order valence-corrected chi connectivity index (χ1v) is 7.31. The van der Waals surface area contributed by atoms with Gasteiger partial charge in [-0.2, -0.15) is 5.10 Å². The maximum atomic E-state index is 12.2. The number of pyridine rings is 1. The molecule has 0 fully saturated rings. The Bertz CT molecular complexity index is 794. The summed E-state index contributed by atoms with van der Waals surface area (Å²) in [5.74, 6) is 0. The molecular weight excluding hydrogens is 266 g/mol. The minimum absolute atomic E-state index is 0.136. The monoisotopic (exact) mass is 285 g/mol. The Balaban J connectivity index is 1.89. The number of rotatable bonds is 5. The van der Waals surface area contributed by atoms with Gasteiger partial charge >= 0.3 is 5.69 Å². The Morgan fingerprint density at radius 1 is 1.10 bits per heavy atom. The molecule has 0 saturated carbocycles. The van der Waals surface area contributed by atoms with Crippen LogP contribution in [0.2, 0.25) is 0 Å². The fraction of sp³-hybridized carbons (Fsp3) is 0.400. The van der Waals surface area contributed by atoms with Crippen molar-refractivity contribution in [1.29, 1.82) is 0 Å². The average Bonchev–Trinajstić information content (AvgIpc) is 3.08. The molecule has 0 N–H and O–H groups in total. The van der Waals surface area contributed by atoms with Gasteiger partial charge in [-0.3, -0.25) is 9.08 Å². The highest BCUT2D eigenvalue weighted by Gasteiger charge is 2.11. The number of hydrogen-bond acceptors (Lipinski definition) is 3. The molecule has 3 aromatic heterocycles. The summed E-state index contributed by atoms with van der Waals surface area (Å²) < 4.78 is 4.98. The Kier molecular flexibility index (Phi) is 3.60. The summed E-state index contributed by atoms with van der Waals surface area (Å²) in [5, 5.41) is 8.89. The lowest BCUT2D eigenvalue weighted by molar-refractivity contribution is 0.423. The van der Waals surface area contributed by atoms with E-state index >= 15 is 0 Å². The van der Waals surface area contributed by atoms with Gasteiger partial charge in [0.25, 0.3) is 0 Å². The predicted octanol–water partition coefficient (Wildman–Crippen LogP) is 2.10. The molecule has 6 nitrogen and oxygen atoms in total. The third-order valence-corrected chi connectivity index (χ3v) is 3.78. The zero-order valence-corrected chi connectivity index (χ0v) is 12.3. The van der Waals surface area contributed by atoms with E-state index < -0.39 is 0 Å². The molecule has 6 heteroatoms. The van der Waals surface area contributed by atoms with Gasteiger partial charge in [0.2, 0.25) is 0 Å². The smallest absolute Gasteiger partial charge is 0.269 e. The highest BCUT2D eigenvalue weighted by atomic mass is 16.2. The van der Waals surface area contributed by atoms with Gasteiger partial charge in [0.1, 0.15) is 0 Å². The topological polar surface area (TPSA) is 57.1 Å². The van der Waals surface area contributed by atoms with E-state index in [0.29, 0.717) is 18.2 Å². The van der Waals surface area contributed by atoms with Crippen LogP contribution in [0.1, 0.15) is 38.4 Å². The molecular formula is C15H19N5O. The Labute approximate surface area is 122 Å². The minimum Gasteiger partial charge on any atom is -0.269 e. The molecule has 3 rings (SSSR count). The first-order valence-electron chi connectivity index (χ1n) is 7.31. The van der Waals surface area contributed by atoms with E-state index in [2.05, 4.69) is 24.0 Å². The van der Waals surface area contributed by atoms with Crippen molar-refractivity contribution in [3.05, 3.63) is 52.8 Å². The Morgan fingerprint density at radius 2 is 1.90 bits per heavy atom. The van der Waals surface area contributed by atoms with Crippen molar-refractivity contribution in [2.75, 3.05) is 0 Å². The zero-order valence-electron chi connectivity index (χ0n) is 12.3. The van der Waals surface area contributed by atoms with Gasteiger partial charge in [-0.1, -0.05) is 19.9 Å². The van der Waals surface area contributed by atoms with Crippen LogP contribution in [0.4, 0.5) is 0 Å². The lowest BCUT2D eigenvalue weighted by Crippen LogP contribution is -2.22. The van der Waals surface area contributed by atoms with Crippen LogP contribution < -0.4 is 5.69 Å². The third-order valence-electron chi connectivity index (χ3n) is 3.78. The summed E-state index contributed by atoms with van der Waals surface area (Å²) in [6, 6.07) is 7.88. The van der Waals surface area contributed by atoms with Gasteiger partial charge < -0.3 is 0 Å². The minimum atomic E-state index is -0.136. The van der Waals surface area contributed by atoms with Crippen molar-refractivity contribution >= 4 is 5.65 Å². The second-order valence-corrected chi connectivity index (χ2v) is 5.13. The van der Waals surface area contributed by atoms with E-state index in [1.54, 1.807) is 6.20 Å². The first kappa shape index (κ1) is 13.6. The van der Waals surface area contributed by atoms with Gasteiger partial charge in [0.05, 0.1) is 18.3 Å². The molecule has 0 spiro atoms. The van der Waals surface area contributed by atoms with Crippen LogP contribution in [0.25, 0.3) is 5.65 Å². The van der Waals surface area contributed by atoms with Crippen LogP contribution in [0.5, 0.6) is 0 Å². The zero-order chi connectivity index (χ0) is 14.8. The summed E-state index contributed by atoms with van der Waals surface area (Å²) in [6.45, 7) is 4.71. The fourth-order valence-corrected chi connectivity index (χ4v) is 2.55. The van der Waals surface area contributed by atoms with Crippen molar-refractivity contribution in [3.8, 4) is 0 Å². The van der Waals surface area contributed by atoms with Crippen molar-refractivity contribution in [1.82, 2.24) is 24.0 Å². The first-order chi connectivity index (χ1) is 10.2. The maximum absolute atomic E-state index is 12.2. The summed E-state index contributed by atoms with van der Waals surface area (Å²) in [5.41, 5.74) is 1.37. The van der Waals surface area contributed by atoms with Gasteiger partial charge in [0.15, 0.2) is 5.65 Å². The fourth-order valence-electron chi connectivity index (χ4n) is 2.55. The summed E-state index contributed by atoms with van der Waals surface area (Å²) >= 11 is 0. The largest absolute Gasteiger partial charge is 0.350 e. The van der Waals surface area contributed by atoms with Crippen LogP contribution in [0, 0.1) is 0 Å². The second-order valence-electron chi connectivity index (χ2n) is 5.13. The molecule has 21 heavy (non-hydrogen) atoms. The van der Waals surface area contributed by atoms with Gasteiger partial charge in [-0.05, 0) is 31.0 Å².